The van der Waals surface area contributed by atoms with E-state index >= 15 is 0 Å². The van der Waals surface area contributed by atoms with E-state index in [1.165, 1.54) is 19.1 Å². The molecule has 0 aliphatic heterocycles. The van der Waals surface area contributed by atoms with E-state index in [1.54, 1.807) is 19.1 Å². The summed E-state index contributed by atoms with van der Waals surface area (Å²) in [5.41, 5.74) is 5.77. The Bertz CT molecular complexity index is 448. The van der Waals surface area contributed by atoms with Crippen LogP contribution in [0, 0.1) is 5.82 Å². The Hall–Kier alpha value is -1.75. The monoisotopic (exact) mass is 253 g/mol. The molecule has 2 N–H and O–H groups in total. The number of ketones is 1. The summed E-state index contributed by atoms with van der Waals surface area (Å²) in [7, 11) is 0. The lowest BCUT2D eigenvalue weighted by molar-refractivity contribution is -0.151. The SMILES string of the molecule is CC(=O)CC(N)C(=O)OC(C)c1ccccc1F. The second-order valence-electron chi connectivity index (χ2n) is 4.11. The van der Waals surface area contributed by atoms with Crippen molar-refractivity contribution in [3.63, 3.8) is 0 Å². The Morgan fingerprint density at radius 2 is 2.00 bits per heavy atom. The maximum absolute atomic E-state index is 13.4. The summed E-state index contributed by atoms with van der Waals surface area (Å²) in [6, 6.07) is 5.02. The summed E-state index contributed by atoms with van der Waals surface area (Å²) < 4.78 is 18.4. The number of nitrogens with two attached hydrogens (primary N) is 1. The Balaban J connectivity index is 2.65. The number of carbonyl (C=O) groups is 2. The summed E-state index contributed by atoms with van der Waals surface area (Å²) in [6.07, 6.45) is -0.820. The summed E-state index contributed by atoms with van der Waals surface area (Å²) in [4.78, 5) is 22.4. The minimum absolute atomic E-state index is 0.0805. The summed E-state index contributed by atoms with van der Waals surface area (Å²) >= 11 is 0. The van der Waals surface area contributed by atoms with Crippen molar-refractivity contribution in [3.8, 4) is 0 Å². The fourth-order valence-corrected chi connectivity index (χ4v) is 1.52. The number of esters is 1. The lowest BCUT2D eigenvalue weighted by atomic mass is 10.1. The number of hydrogen-bond donors (Lipinski definition) is 1. The van der Waals surface area contributed by atoms with Gasteiger partial charge in [-0.2, -0.15) is 0 Å². The third kappa shape index (κ3) is 3.92. The zero-order chi connectivity index (χ0) is 13.7. The van der Waals surface area contributed by atoms with E-state index < -0.39 is 23.9 Å². The van der Waals surface area contributed by atoms with E-state index in [2.05, 4.69) is 0 Å². The van der Waals surface area contributed by atoms with Gasteiger partial charge < -0.3 is 10.5 Å². The van der Waals surface area contributed by atoms with Crippen molar-refractivity contribution in [1.29, 1.82) is 0 Å². The lowest BCUT2D eigenvalue weighted by Gasteiger charge is -2.16. The molecule has 1 aromatic carbocycles. The van der Waals surface area contributed by atoms with Crippen molar-refractivity contribution in [2.75, 3.05) is 0 Å². The van der Waals surface area contributed by atoms with Crippen molar-refractivity contribution < 1.29 is 18.7 Å². The normalized spacial score (nSPS) is 13.8. The molecule has 0 aromatic heterocycles. The Morgan fingerprint density at radius 1 is 1.39 bits per heavy atom. The first-order chi connectivity index (χ1) is 8.41. The van der Waals surface area contributed by atoms with Crippen LogP contribution in [0.15, 0.2) is 24.3 Å². The number of carbonyl (C=O) groups excluding carboxylic acids is 2. The van der Waals surface area contributed by atoms with Crippen LogP contribution in [-0.2, 0) is 14.3 Å². The molecule has 0 spiro atoms. The third-order valence-corrected chi connectivity index (χ3v) is 2.45. The van der Waals surface area contributed by atoms with Gasteiger partial charge in [0.05, 0.1) is 0 Å². The molecule has 0 saturated carbocycles. The first kappa shape index (κ1) is 14.3. The molecule has 0 saturated heterocycles. The van der Waals surface area contributed by atoms with Crippen LogP contribution in [0.1, 0.15) is 31.9 Å². The van der Waals surface area contributed by atoms with E-state index in [0.717, 1.165) is 0 Å². The number of Topliss-reactive ketones (excluding diaryl/α,β-unsaturated/α-hetero) is 1. The number of halogens is 1. The van der Waals surface area contributed by atoms with Gasteiger partial charge in [0, 0.05) is 12.0 Å². The van der Waals surface area contributed by atoms with Crippen molar-refractivity contribution in [1.82, 2.24) is 0 Å². The van der Waals surface area contributed by atoms with Crippen LogP contribution in [0.3, 0.4) is 0 Å². The average molecular weight is 253 g/mol. The zero-order valence-corrected chi connectivity index (χ0v) is 10.4. The van der Waals surface area contributed by atoms with Crippen molar-refractivity contribution in [3.05, 3.63) is 35.6 Å². The Kier molecular flexibility index (Phi) is 4.97. The molecule has 0 radical (unpaired) electrons. The van der Waals surface area contributed by atoms with Gasteiger partial charge in [-0.15, -0.1) is 0 Å². The molecule has 1 aromatic rings. The van der Waals surface area contributed by atoms with E-state index in [4.69, 9.17) is 10.5 Å². The molecule has 0 heterocycles. The molecular formula is C13H16FNO3. The topological polar surface area (TPSA) is 69.4 Å². The Labute approximate surface area is 105 Å². The van der Waals surface area contributed by atoms with E-state index in [0.29, 0.717) is 0 Å². The van der Waals surface area contributed by atoms with Crippen LogP contribution in [0.2, 0.25) is 0 Å². The van der Waals surface area contributed by atoms with E-state index in [-0.39, 0.29) is 17.8 Å². The molecule has 0 aliphatic carbocycles. The second kappa shape index (κ2) is 6.26. The summed E-state index contributed by atoms with van der Waals surface area (Å²) in [6.45, 7) is 2.89. The smallest absolute Gasteiger partial charge is 0.323 e. The number of benzene rings is 1. The fraction of sp³-hybridized carbons (Fsp3) is 0.385. The zero-order valence-electron chi connectivity index (χ0n) is 10.4. The van der Waals surface area contributed by atoms with Crippen molar-refractivity contribution in [2.45, 2.75) is 32.4 Å². The predicted octanol–water partition coefficient (Wildman–Crippen LogP) is 1.74. The summed E-state index contributed by atoms with van der Waals surface area (Å²) in [5, 5.41) is 0. The molecule has 0 amide bonds. The highest BCUT2D eigenvalue weighted by Gasteiger charge is 2.21. The first-order valence-electron chi connectivity index (χ1n) is 5.61. The molecular weight excluding hydrogens is 237 g/mol. The van der Waals surface area contributed by atoms with Gasteiger partial charge >= 0.3 is 5.97 Å². The standard InChI is InChI=1S/C13H16FNO3/c1-8(16)7-12(15)13(17)18-9(2)10-5-3-4-6-11(10)14/h3-6,9,12H,7,15H2,1-2H3. The lowest BCUT2D eigenvalue weighted by Crippen LogP contribution is -2.34. The third-order valence-electron chi connectivity index (χ3n) is 2.45. The van der Waals surface area contributed by atoms with Gasteiger partial charge in [-0.3, -0.25) is 9.59 Å². The van der Waals surface area contributed by atoms with Crippen LogP contribution in [0.25, 0.3) is 0 Å². The highest BCUT2D eigenvalue weighted by Crippen LogP contribution is 2.20. The molecule has 18 heavy (non-hydrogen) atoms. The molecule has 2 atom stereocenters. The summed E-state index contributed by atoms with van der Waals surface area (Å²) in [5.74, 6) is -1.35. The first-order valence-corrected chi connectivity index (χ1v) is 5.61. The molecule has 1 rings (SSSR count). The van der Waals surface area contributed by atoms with Gasteiger partial charge in [-0.05, 0) is 19.9 Å². The molecule has 98 valence electrons. The number of ether oxygens (including phenoxy) is 1. The Morgan fingerprint density at radius 3 is 2.56 bits per heavy atom. The predicted molar refractivity (Wildman–Crippen MR) is 64.2 cm³/mol. The number of rotatable bonds is 5. The second-order valence-corrected chi connectivity index (χ2v) is 4.11. The molecule has 5 heteroatoms. The molecule has 4 nitrogen and oxygen atoms in total. The van der Waals surface area contributed by atoms with Crippen LogP contribution in [0.5, 0.6) is 0 Å². The van der Waals surface area contributed by atoms with E-state index in [1.807, 2.05) is 0 Å². The maximum atomic E-state index is 13.4. The highest BCUT2D eigenvalue weighted by atomic mass is 19.1. The molecule has 0 bridgehead atoms. The average Bonchev–Trinajstić information content (AvgIpc) is 2.28. The minimum atomic E-state index is -1.00. The quantitative estimate of drug-likeness (QED) is 0.811. The fourth-order valence-electron chi connectivity index (χ4n) is 1.52. The number of hydrogen-bond acceptors (Lipinski definition) is 4. The molecule has 0 fully saturated rings. The minimum Gasteiger partial charge on any atom is -0.457 e. The van der Waals surface area contributed by atoms with Gasteiger partial charge in [0.2, 0.25) is 0 Å². The van der Waals surface area contributed by atoms with Crippen molar-refractivity contribution >= 4 is 11.8 Å². The van der Waals surface area contributed by atoms with Crippen molar-refractivity contribution in [2.24, 2.45) is 5.73 Å². The molecule has 0 aliphatic rings. The molecule has 2 unspecified atom stereocenters. The van der Waals surface area contributed by atoms with Crippen LogP contribution < -0.4 is 5.73 Å². The van der Waals surface area contributed by atoms with Crippen LogP contribution >= 0.6 is 0 Å². The van der Waals surface area contributed by atoms with Gasteiger partial charge in [0.15, 0.2) is 0 Å². The van der Waals surface area contributed by atoms with Crippen LogP contribution in [-0.4, -0.2) is 17.8 Å². The maximum Gasteiger partial charge on any atom is 0.323 e. The largest absolute Gasteiger partial charge is 0.457 e. The van der Waals surface area contributed by atoms with Gasteiger partial charge in [-0.25, -0.2) is 4.39 Å². The van der Waals surface area contributed by atoms with E-state index in [9.17, 15) is 14.0 Å². The van der Waals surface area contributed by atoms with Crippen LogP contribution in [0.4, 0.5) is 4.39 Å². The van der Waals surface area contributed by atoms with Gasteiger partial charge in [0.1, 0.15) is 23.7 Å². The van der Waals surface area contributed by atoms with Gasteiger partial charge in [0.25, 0.3) is 0 Å². The highest BCUT2D eigenvalue weighted by molar-refractivity contribution is 5.85. The van der Waals surface area contributed by atoms with Gasteiger partial charge in [-0.1, -0.05) is 18.2 Å².